The fraction of sp³-hybridized carbons (Fsp3) is 0.533. The zero-order chi connectivity index (χ0) is 15.3. The first kappa shape index (κ1) is 16.6. The molecule has 0 fully saturated rings. The monoisotopic (exact) mass is 284 g/mol. The van der Waals surface area contributed by atoms with Gasteiger partial charge in [0, 0.05) is 36.2 Å². The third-order valence-corrected chi connectivity index (χ3v) is 2.75. The highest BCUT2D eigenvalue weighted by atomic mass is 19.1. The van der Waals surface area contributed by atoms with Gasteiger partial charge in [0.25, 0.3) is 0 Å². The Bertz CT molecular complexity index is 469. The van der Waals surface area contributed by atoms with Crippen LogP contribution in [0.1, 0.15) is 45.7 Å². The Hall–Kier alpha value is -1.49. The molecule has 1 rings (SSSR count). The second kappa shape index (κ2) is 6.79. The molecule has 0 aliphatic heterocycles. The summed E-state index contributed by atoms with van der Waals surface area (Å²) in [4.78, 5) is 11.6. The summed E-state index contributed by atoms with van der Waals surface area (Å²) >= 11 is 0. The van der Waals surface area contributed by atoms with Crippen LogP contribution < -0.4 is 10.6 Å². The van der Waals surface area contributed by atoms with E-state index >= 15 is 0 Å². The average Bonchev–Trinajstić information content (AvgIpc) is 2.25. The lowest BCUT2D eigenvalue weighted by atomic mass is 10.1. The van der Waals surface area contributed by atoms with E-state index < -0.39 is 11.6 Å². The van der Waals surface area contributed by atoms with Gasteiger partial charge in [-0.05, 0) is 33.8 Å². The van der Waals surface area contributed by atoms with Crippen LogP contribution in [0.5, 0.6) is 0 Å². The number of carbonyl (C=O) groups is 1. The Morgan fingerprint density at radius 1 is 1.30 bits per heavy atom. The molecule has 0 spiro atoms. The molecule has 0 aromatic heterocycles. The molecule has 0 radical (unpaired) electrons. The molecule has 1 unspecified atom stereocenters. The van der Waals surface area contributed by atoms with Gasteiger partial charge in [-0.3, -0.25) is 4.79 Å². The molecule has 1 amide bonds. The highest BCUT2D eigenvalue weighted by Gasteiger charge is 2.15. The fourth-order valence-electron chi connectivity index (χ4n) is 1.85. The SMILES string of the molecule is CC(NCCC(=O)NC(C)(C)C)c1ccc(F)cc1F. The molecule has 5 heteroatoms. The van der Waals surface area contributed by atoms with Crippen molar-refractivity contribution in [2.24, 2.45) is 0 Å². The van der Waals surface area contributed by atoms with E-state index in [4.69, 9.17) is 0 Å². The topological polar surface area (TPSA) is 41.1 Å². The van der Waals surface area contributed by atoms with Gasteiger partial charge in [0.15, 0.2) is 0 Å². The van der Waals surface area contributed by atoms with E-state index in [0.717, 1.165) is 6.07 Å². The number of carbonyl (C=O) groups excluding carboxylic acids is 1. The summed E-state index contributed by atoms with van der Waals surface area (Å²) in [5.74, 6) is -1.23. The van der Waals surface area contributed by atoms with Gasteiger partial charge in [-0.25, -0.2) is 8.78 Å². The number of rotatable bonds is 5. The van der Waals surface area contributed by atoms with Gasteiger partial charge in [0.2, 0.25) is 5.91 Å². The van der Waals surface area contributed by atoms with Crippen LogP contribution >= 0.6 is 0 Å². The van der Waals surface area contributed by atoms with E-state index in [2.05, 4.69) is 10.6 Å². The zero-order valence-corrected chi connectivity index (χ0v) is 12.4. The van der Waals surface area contributed by atoms with Crippen LogP contribution in [0.15, 0.2) is 18.2 Å². The molecule has 3 nitrogen and oxygen atoms in total. The maximum Gasteiger partial charge on any atom is 0.221 e. The van der Waals surface area contributed by atoms with E-state index in [1.807, 2.05) is 20.8 Å². The van der Waals surface area contributed by atoms with E-state index in [-0.39, 0.29) is 17.5 Å². The summed E-state index contributed by atoms with van der Waals surface area (Å²) in [7, 11) is 0. The van der Waals surface area contributed by atoms with Gasteiger partial charge < -0.3 is 10.6 Å². The smallest absolute Gasteiger partial charge is 0.221 e. The van der Waals surface area contributed by atoms with Crippen molar-refractivity contribution >= 4 is 5.91 Å². The van der Waals surface area contributed by atoms with Crippen LogP contribution in [0, 0.1) is 11.6 Å². The molecule has 2 N–H and O–H groups in total. The molecule has 20 heavy (non-hydrogen) atoms. The highest BCUT2D eigenvalue weighted by molar-refractivity contribution is 5.76. The van der Waals surface area contributed by atoms with Crippen LogP contribution in [0.4, 0.5) is 8.78 Å². The predicted molar refractivity (Wildman–Crippen MR) is 75.3 cm³/mol. The van der Waals surface area contributed by atoms with Crippen molar-refractivity contribution in [2.45, 2.75) is 45.7 Å². The molecule has 112 valence electrons. The minimum atomic E-state index is -0.594. The molecule has 0 heterocycles. The minimum absolute atomic E-state index is 0.0585. The Labute approximate surface area is 118 Å². The first-order chi connectivity index (χ1) is 9.19. The quantitative estimate of drug-likeness (QED) is 0.873. The van der Waals surface area contributed by atoms with E-state index in [1.165, 1.54) is 12.1 Å². The van der Waals surface area contributed by atoms with Crippen molar-refractivity contribution in [3.63, 3.8) is 0 Å². The van der Waals surface area contributed by atoms with Crippen LogP contribution in [-0.4, -0.2) is 18.0 Å². The molecule has 0 bridgehead atoms. The molecule has 0 saturated heterocycles. The van der Waals surface area contributed by atoms with Crippen molar-refractivity contribution in [3.8, 4) is 0 Å². The van der Waals surface area contributed by atoms with Crippen molar-refractivity contribution in [3.05, 3.63) is 35.4 Å². The van der Waals surface area contributed by atoms with Gasteiger partial charge >= 0.3 is 0 Å². The molecule has 1 aromatic carbocycles. The Balaban J connectivity index is 2.44. The largest absolute Gasteiger partial charge is 0.351 e. The summed E-state index contributed by atoms with van der Waals surface area (Å²) < 4.78 is 26.4. The Morgan fingerprint density at radius 2 is 1.95 bits per heavy atom. The first-order valence-corrected chi connectivity index (χ1v) is 6.68. The summed E-state index contributed by atoms with van der Waals surface area (Å²) in [6, 6.07) is 3.22. The fourth-order valence-corrected chi connectivity index (χ4v) is 1.85. The van der Waals surface area contributed by atoms with E-state index in [1.54, 1.807) is 6.92 Å². The summed E-state index contributed by atoms with van der Waals surface area (Å²) in [6.45, 7) is 7.94. The Morgan fingerprint density at radius 3 is 2.50 bits per heavy atom. The van der Waals surface area contributed by atoms with Crippen LogP contribution in [0.25, 0.3) is 0 Å². The van der Waals surface area contributed by atoms with Crippen LogP contribution in [0.3, 0.4) is 0 Å². The third-order valence-electron chi connectivity index (χ3n) is 2.75. The van der Waals surface area contributed by atoms with Crippen molar-refractivity contribution < 1.29 is 13.6 Å². The normalized spacial score (nSPS) is 13.1. The van der Waals surface area contributed by atoms with Gasteiger partial charge in [-0.1, -0.05) is 6.07 Å². The first-order valence-electron chi connectivity index (χ1n) is 6.68. The predicted octanol–water partition coefficient (Wildman–Crippen LogP) is 2.92. The maximum atomic E-state index is 13.5. The summed E-state index contributed by atoms with van der Waals surface area (Å²) in [5.41, 5.74) is 0.133. The molecule has 1 atom stereocenters. The molecule has 1 aromatic rings. The molecular formula is C15H22F2N2O. The molecule has 0 saturated carbocycles. The lowest BCUT2D eigenvalue weighted by molar-refractivity contribution is -0.122. The molecule has 0 aliphatic rings. The highest BCUT2D eigenvalue weighted by Crippen LogP contribution is 2.17. The zero-order valence-electron chi connectivity index (χ0n) is 12.4. The minimum Gasteiger partial charge on any atom is -0.351 e. The number of nitrogens with one attached hydrogen (secondary N) is 2. The second-order valence-electron chi connectivity index (χ2n) is 5.89. The third kappa shape index (κ3) is 5.65. The summed E-state index contributed by atoms with van der Waals surface area (Å²) in [6.07, 6.45) is 0.310. The molecular weight excluding hydrogens is 262 g/mol. The lowest BCUT2D eigenvalue weighted by Gasteiger charge is -2.21. The van der Waals surface area contributed by atoms with Crippen molar-refractivity contribution in [1.82, 2.24) is 10.6 Å². The number of benzene rings is 1. The standard InChI is InChI=1S/C15H22F2N2O/c1-10(12-6-5-11(16)9-13(12)17)18-8-7-14(20)19-15(2,3)4/h5-6,9-10,18H,7-8H2,1-4H3,(H,19,20). The number of halogens is 2. The van der Waals surface area contributed by atoms with Gasteiger partial charge in [0.1, 0.15) is 11.6 Å². The number of hydrogen-bond donors (Lipinski definition) is 2. The summed E-state index contributed by atoms with van der Waals surface area (Å²) in [5, 5.41) is 5.90. The number of amides is 1. The van der Waals surface area contributed by atoms with Crippen LogP contribution in [0.2, 0.25) is 0 Å². The van der Waals surface area contributed by atoms with Crippen molar-refractivity contribution in [2.75, 3.05) is 6.54 Å². The van der Waals surface area contributed by atoms with Crippen LogP contribution in [-0.2, 0) is 4.79 Å². The van der Waals surface area contributed by atoms with Gasteiger partial charge in [0.05, 0.1) is 0 Å². The Kier molecular flexibility index (Phi) is 5.62. The number of hydrogen-bond acceptors (Lipinski definition) is 2. The van der Waals surface area contributed by atoms with Gasteiger partial charge in [-0.15, -0.1) is 0 Å². The lowest BCUT2D eigenvalue weighted by Crippen LogP contribution is -2.41. The van der Waals surface area contributed by atoms with E-state index in [0.29, 0.717) is 18.5 Å². The van der Waals surface area contributed by atoms with E-state index in [9.17, 15) is 13.6 Å². The van der Waals surface area contributed by atoms with Crippen molar-refractivity contribution in [1.29, 1.82) is 0 Å². The molecule has 0 aliphatic carbocycles. The second-order valence-corrected chi connectivity index (χ2v) is 5.89. The maximum absolute atomic E-state index is 13.5. The van der Waals surface area contributed by atoms with Gasteiger partial charge in [-0.2, -0.15) is 0 Å². The average molecular weight is 284 g/mol.